The molecule has 40 heavy (non-hydrogen) atoms. The minimum atomic E-state index is -4.74. The molecule has 8 nitrogen and oxygen atoms in total. The predicted octanol–water partition coefficient (Wildman–Crippen LogP) is 6.30. The first kappa shape index (κ1) is 28.7. The zero-order chi connectivity index (χ0) is 28.5. The van der Waals surface area contributed by atoms with Crippen molar-refractivity contribution in [2.45, 2.75) is 19.7 Å². The topological polar surface area (TPSA) is 97.2 Å². The number of alkyl halides is 3. The molecule has 0 spiro atoms. The summed E-state index contributed by atoms with van der Waals surface area (Å²) in [5.41, 5.74) is 10.1. The smallest absolute Gasteiger partial charge is 0.497 e. The molecule has 12 heteroatoms. The summed E-state index contributed by atoms with van der Waals surface area (Å²) in [6.07, 6.45) is -0.785. The molecule has 0 atom stereocenters. The number of methoxy groups -OCH3 is 1. The van der Waals surface area contributed by atoms with Crippen LogP contribution in [0, 0.1) is 6.92 Å². The van der Waals surface area contributed by atoms with Crippen LogP contribution < -0.4 is 20.1 Å². The van der Waals surface area contributed by atoms with Gasteiger partial charge in [-0.2, -0.15) is 5.10 Å². The first-order valence-corrected chi connectivity index (χ1v) is 13.2. The van der Waals surface area contributed by atoms with E-state index in [0.29, 0.717) is 11.3 Å². The number of ether oxygens (including phenoxy) is 2. The van der Waals surface area contributed by atoms with E-state index < -0.39 is 6.36 Å². The number of amidine groups is 2. The maximum Gasteiger partial charge on any atom is 0.573 e. The number of nitrogens with zero attached hydrogens (tertiary/aromatic N) is 5. The number of aryl methyl sites for hydroxylation is 1. The molecule has 208 valence electrons. The van der Waals surface area contributed by atoms with Crippen molar-refractivity contribution >= 4 is 46.7 Å². The molecule has 0 bridgehead atoms. The first-order chi connectivity index (χ1) is 19.2. The van der Waals surface area contributed by atoms with E-state index in [0.717, 1.165) is 46.4 Å². The highest BCUT2D eigenvalue weighted by molar-refractivity contribution is 8.14. The fraction of sp³-hybridized carbons (Fsp3) is 0.214. The summed E-state index contributed by atoms with van der Waals surface area (Å²) in [6.45, 7) is 2.91. The van der Waals surface area contributed by atoms with E-state index in [-0.39, 0.29) is 11.6 Å². The SMILES string of the molecule is COc1ccc(N2CCCS/C2=N\N=C\c2ccc(C(N)=NC=Nc3ccc(OC(F)(F)F)cc3)cc2)c(C)c1. The van der Waals surface area contributed by atoms with Crippen LogP contribution in [0.15, 0.2) is 86.9 Å². The molecular formula is C28H27F3N6O2S. The summed E-state index contributed by atoms with van der Waals surface area (Å²) in [5, 5.41) is 9.63. The molecule has 1 heterocycles. The zero-order valence-electron chi connectivity index (χ0n) is 21.8. The number of thioether (sulfide) groups is 1. The van der Waals surface area contributed by atoms with Crippen molar-refractivity contribution in [2.75, 3.05) is 24.3 Å². The van der Waals surface area contributed by atoms with Gasteiger partial charge in [0.1, 0.15) is 23.7 Å². The van der Waals surface area contributed by atoms with Crippen molar-refractivity contribution in [1.82, 2.24) is 0 Å². The van der Waals surface area contributed by atoms with Gasteiger partial charge in [-0.15, -0.1) is 18.3 Å². The van der Waals surface area contributed by atoms with Gasteiger partial charge in [-0.05, 0) is 66.9 Å². The standard InChI is InChI=1S/C28H27F3N6O2S/c1-19-16-24(38-2)12-13-25(19)37-14-3-15-40-27(37)36-35-17-20-4-6-21(7-5-20)26(32)34-18-33-22-8-10-23(11-9-22)39-28(29,30)31/h4-13,16-18H,3,14-15H2,1-2H3,(H2,32,33,34)/b35-17+,36-27-. The average molecular weight is 569 g/mol. The lowest BCUT2D eigenvalue weighted by Gasteiger charge is -2.30. The van der Waals surface area contributed by atoms with Crippen molar-refractivity contribution in [2.24, 2.45) is 25.9 Å². The van der Waals surface area contributed by atoms with E-state index in [1.54, 1.807) is 37.2 Å². The van der Waals surface area contributed by atoms with Crippen molar-refractivity contribution in [1.29, 1.82) is 0 Å². The van der Waals surface area contributed by atoms with Gasteiger partial charge in [0.2, 0.25) is 0 Å². The molecule has 1 aliphatic rings. The van der Waals surface area contributed by atoms with Crippen LogP contribution >= 0.6 is 11.8 Å². The lowest BCUT2D eigenvalue weighted by molar-refractivity contribution is -0.274. The van der Waals surface area contributed by atoms with Gasteiger partial charge in [0.25, 0.3) is 0 Å². The van der Waals surface area contributed by atoms with E-state index in [1.807, 2.05) is 30.3 Å². The summed E-state index contributed by atoms with van der Waals surface area (Å²) in [5.74, 6) is 1.70. The molecule has 0 aliphatic carbocycles. The zero-order valence-corrected chi connectivity index (χ0v) is 22.6. The van der Waals surface area contributed by atoms with E-state index in [9.17, 15) is 13.2 Å². The van der Waals surface area contributed by atoms with Crippen molar-refractivity contribution in [3.63, 3.8) is 0 Å². The number of anilines is 1. The molecule has 0 unspecified atom stereocenters. The Bertz CT molecular complexity index is 1420. The molecular weight excluding hydrogens is 541 g/mol. The number of benzene rings is 3. The summed E-state index contributed by atoms with van der Waals surface area (Å²) < 4.78 is 45.9. The second-order valence-corrected chi connectivity index (χ2v) is 9.62. The summed E-state index contributed by atoms with van der Waals surface area (Å²) in [7, 11) is 1.65. The van der Waals surface area contributed by atoms with Crippen LogP contribution in [-0.2, 0) is 0 Å². The van der Waals surface area contributed by atoms with Gasteiger partial charge in [-0.3, -0.25) is 0 Å². The van der Waals surface area contributed by atoms with Crippen molar-refractivity contribution < 1.29 is 22.6 Å². The largest absolute Gasteiger partial charge is 0.573 e. The minimum absolute atomic E-state index is 0.230. The van der Waals surface area contributed by atoms with Gasteiger partial charge in [0, 0.05) is 23.5 Å². The second-order valence-electron chi connectivity index (χ2n) is 8.56. The van der Waals surface area contributed by atoms with Gasteiger partial charge < -0.3 is 20.1 Å². The maximum atomic E-state index is 12.3. The number of rotatable bonds is 8. The Morgan fingerprint density at radius 2 is 1.75 bits per heavy atom. The minimum Gasteiger partial charge on any atom is -0.497 e. The quantitative estimate of drug-likeness (QED) is 0.195. The summed E-state index contributed by atoms with van der Waals surface area (Å²) in [6, 6.07) is 18.4. The molecule has 0 radical (unpaired) electrons. The van der Waals surface area contributed by atoms with E-state index in [2.05, 4.69) is 36.7 Å². The summed E-state index contributed by atoms with van der Waals surface area (Å²) >= 11 is 1.67. The number of hydrogen-bond acceptors (Lipinski definition) is 6. The Morgan fingerprint density at radius 1 is 1.02 bits per heavy atom. The highest BCUT2D eigenvalue weighted by Crippen LogP contribution is 2.30. The molecule has 0 saturated carbocycles. The van der Waals surface area contributed by atoms with E-state index >= 15 is 0 Å². The number of aliphatic imine (C=N–C) groups is 2. The van der Waals surface area contributed by atoms with Crippen LogP contribution in [0.5, 0.6) is 11.5 Å². The molecule has 3 aromatic carbocycles. The van der Waals surface area contributed by atoms with Gasteiger partial charge in [-0.25, -0.2) is 9.98 Å². The normalized spacial score (nSPS) is 15.8. The lowest BCUT2D eigenvalue weighted by Crippen LogP contribution is -2.34. The monoisotopic (exact) mass is 568 g/mol. The highest BCUT2D eigenvalue weighted by Gasteiger charge is 2.30. The van der Waals surface area contributed by atoms with Crippen LogP contribution in [0.3, 0.4) is 0 Å². The van der Waals surface area contributed by atoms with Crippen LogP contribution in [-0.4, -0.2) is 49.3 Å². The Labute approximate surface area is 234 Å². The maximum absolute atomic E-state index is 12.3. The first-order valence-electron chi connectivity index (χ1n) is 12.2. The molecule has 3 aromatic rings. The van der Waals surface area contributed by atoms with Crippen LogP contribution in [0.2, 0.25) is 0 Å². The Hall–Kier alpha value is -4.32. The van der Waals surface area contributed by atoms with Crippen molar-refractivity contribution in [3.8, 4) is 11.5 Å². The number of hydrogen-bond donors (Lipinski definition) is 1. The van der Waals surface area contributed by atoms with Crippen LogP contribution in [0.4, 0.5) is 24.5 Å². The Balaban J connectivity index is 1.38. The number of halogens is 3. The molecule has 2 N–H and O–H groups in total. The average Bonchev–Trinajstić information content (AvgIpc) is 2.94. The van der Waals surface area contributed by atoms with Gasteiger partial charge in [0.05, 0.1) is 19.0 Å². The van der Waals surface area contributed by atoms with Crippen LogP contribution in [0.1, 0.15) is 23.1 Å². The fourth-order valence-corrected chi connectivity index (χ4v) is 4.68. The highest BCUT2D eigenvalue weighted by atomic mass is 32.2. The second kappa shape index (κ2) is 13.2. The van der Waals surface area contributed by atoms with E-state index in [4.69, 9.17) is 10.5 Å². The predicted molar refractivity (Wildman–Crippen MR) is 156 cm³/mol. The Morgan fingerprint density at radius 3 is 2.42 bits per heavy atom. The molecule has 1 fully saturated rings. The van der Waals surface area contributed by atoms with Gasteiger partial charge in [0.15, 0.2) is 5.17 Å². The molecule has 1 aliphatic heterocycles. The van der Waals surface area contributed by atoms with Crippen LogP contribution in [0.25, 0.3) is 0 Å². The third kappa shape index (κ3) is 8.09. The van der Waals surface area contributed by atoms with Gasteiger partial charge in [-0.1, -0.05) is 36.0 Å². The lowest BCUT2D eigenvalue weighted by atomic mass is 10.1. The molecule has 0 amide bonds. The van der Waals surface area contributed by atoms with Crippen molar-refractivity contribution in [3.05, 3.63) is 83.4 Å². The molecule has 4 rings (SSSR count). The Kier molecular flexibility index (Phi) is 9.43. The van der Waals surface area contributed by atoms with Gasteiger partial charge >= 0.3 is 6.36 Å². The number of nitrogens with two attached hydrogens (primary N) is 1. The molecule has 1 saturated heterocycles. The third-order valence-electron chi connectivity index (χ3n) is 5.71. The molecule has 0 aromatic heterocycles. The third-order valence-corrected chi connectivity index (χ3v) is 6.77. The van der Waals surface area contributed by atoms with E-state index in [1.165, 1.54) is 30.6 Å². The fourth-order valence-electron chi connectivity index (χ4n) is 3.77. The summed E-state index contributed by atoms with van der Waals surface area (Å²) in [4.78, 5) is 10.3.